The summed E-state index contributed by atoms with van der Waals surface area (Å²) in [5, 5.41) is 0. The molecule has 1 aliphatic heterocycles. The fourth-order valence-electron chi connectivity index (χ4n) is 2.37. The molecule has 8 heteroatoms. The van der Waals surface area contributed by atoms with E-state index < -0.39 is 27.5 Å². The largest absolute Gasteiger partial charge is 0.444 e. The normalized spacial score (nSPS) is 23.4. The molecule has 0 spiro atoms. The van der Waals surface area contributed by atoms with E-state index in [4.69, 9.17) is 4.74 Å². The van der Waals surface area contributed by atoms with E-state index >= 15 is 0 Å². The second kappa shape index (κ2) is 7.12. The summed E-state index contributed by atoms with van der Waals surface area (Å²) in [7, 11) is -3.50. The van der Waals surface area contributed by atoms with Crippen molar-refractivity contribution in [2.75, 3.05) is 26.0 Å². The zero-order valence-corrected chi connectivity index (χ0v) is 14.5. The first kappa shape index (κ1) is 19.2. The quantitative estimate of drug-likeness (QED) is 0.568. The maximum atomic E-state index is 14.8. The molecule has 0 bridgehead atoms. The minimum absolute atomic E-state index is 0.0270. The van der Waals surface area contributed by atoms with Crippen molar-refractivity contribution in [3.8, 4) is 0 Å². The van der Waals surface area contributed by atoms with Crippen LogP contribution in [0.2, 0.25) is 0 Å². The van der Waals surface area contributed by atoms with E-state index in [-0.39, 0.29) is 26.0 Å². The van der Waals surface area contributed by atoms with E-state index in [0.717, 1.165) is 6.26 Å². The van der Waals surface area contributed by atoms with Crippen molar-refractivity contribution in [3.63, 3.8) is 0 Å². The highest BCUT2D eigenvalue weighted by Crippen LogP contribution is 2.30. The summed E-state index contributed by atoms with van der Waals surface area (Å²) >= 11 is 0. The third-order valence-corrected chi connectivity index (χ3v) is 3.84. The molecule has 1 rings (SSSR count). The smallest absolute Gasteiger partial charge is 0.410 e. The maximum Gasteiger partial charge on any atom is 0.410 e. The van der Waals surface area contributed by atoms with Crippen LogP contribution in [0.5, 0.6) is 0 Å². The van der Waals surface area contributed by atoms with Crippen LogP contribution in [-0.4, -0.2) is 56.6 Å². The van der Waals surface area contributed by atoms with Gasteiger partial charge in [-0.3, -0.25) is 4.18 Å². The standard InChI is InChI=1S/C14H26FNO5S/c1-13(2,3)21-12(17)16-9-5-7-14(15,11-16)8-6-10-20-22(4,18)19/h5-11H2,1-4H3/t14-/m1/s1. The molecule has 1 fully saturated rings. The number of piperidine rings is 1. The molecule has 1 heterocycles. The van der Waals surface area contributed by atoms with Crippen LogP contribution in [0.1, 0.15) is 46.5 Å². The summed E-state index contributed by atoms with van der Waals surface area (Å²) in [4.78, 5) is 13.4. The molecule has 0 aromatic heterocycles. The molecule has 1 aliphatic rings. The maximum absolute atomic E-state index is 14.8. The van der Waals surface area contributed by atoms with Gasteiger partial charge in [-0.15, -0.1) is 0 Å². The van der Waals surface area contributed by atoms with E-state index in [1.807, 2.05) is 0 Å². The molecule has 0 radical (unpaired) electrons. The predicted octanol–water partition coefficient (Wildman–Crippen LogP) is 2.48. The number of likely N-dealkylation sites (tertiary alicyclic amines) is 1. The van der Waals surface area contributed by atoms with Crippen LogP contribution in [0.3, 0.4) is 0 Å². The van der Waals surface area contributed by atoms with Crippen molar-refractivity contribution in [2.45, 2.75) is 57.7 Å². The summed E-state index contributed by atoms with van der Waals surface area (Å²) in [6, 6.07) is 0. The topological polar surface area (TPSA) is 72.9 Å². The highest BCUT2D eigenvalue weighted by molar-refractivity contribution is 7.85. The van der Waals surface area contributed by atoms with Crippen molar-refractivity contribution >= 4 is 16.2 Å². The average Bonchev–Trinajstić information content (AvgIpc) is 2.32. The number of rotatable bonds is 5. The number of amides is 1. The lowest BCUT2D eigenvalue weighted by atomic mass is 9.90. The second-order valence-electron chi connectivity index (χ2n) is 6.79. The lowest BCUT2D eigenvalue weighted by molar-refractivity contribution is -0.00875. The number of halogens is 1. The Morgan fingerprint density at radius 3 is 2.55 bits per heavy atom. The Kier molecular flexibility index (Phi) is 6.20. The van der Waals surface area contributed by atoms with Crippen molar-refractivity contribution in [1.29, 1.82) is 0 Å². The minimum Gasteiger partial charge on any atom is -0.444 e. The van der Waals surface area contributed by atoms with Gasteiger partial charge >= 0.3 is 6.09 Å². The van der Waals surface area contributed by atoms with Gasteiger partial charge in [0.25, 0.3) is 10.1 Å². The van der Waals surface area contributed by atoms with Crippen LogP contribution >= 0.6 is 0 Å². The van der Waals surface area contributed by atoms with Crippen LogP contribution < -0.4 is 0 Å². The fraction of sp³-hybridized carbons (Fsp3) is 0.929. The predicted molar refractivity (Wildman–Crippen MR) is 80.9 cm³/mol. The van der Waals surface area contributed by atoms with Crippen LogP contribution in [0.25, 0.3) is 0 Å². The van der Waals surface area contributed by atoms with Gasteiger partial charge < -0.3 is 9.64 Å². The Labute approximate surface area is 132 Å². The average molecular weight is 339 g/mol. The highest BCUT2D eigenvalue weighted by atomic mass is 32.2. The number of nitrogens with zero attached hydrogens (tertiary/aromatic N) is 1. The first-order chi connectivity index (χ1) is 9.90. The van der Waals surface area contributed by atoms with E-state index in [2.05, 4.69) is 4.18 Å². The molecule has 22 heavy (non-hydrogen) atoms. The van der Waals surface area contributed by atoms with E-state index in [1.54, 1.807) is 20.8 Å². The Morgan fingerprint density at radius 1 is 1.36 bits per heavy atom. The van der Waals surface area contributed by atoms with Gasteiger partial charge in [0.1, 0.15) is 11.3 Å². The van der Waals surface area contributed by atoms with E-state index in [1.165, 1.54) is 4.90 Å². The molecular weight excluding hydrogens is 313 g/mol. The number of carbonyl (C=O) groups excluding carboxylic acids is 1. The molecule has 1 amide bonds. The van der Waals surface area contributed by atoms with Gasteiger partial charge in [-0.25, -0.2) is 9.18 Å². The molecule has 0 unspecified atom stereocenters. The number of hydrogen-bond donors (Lipinski definition) is 0. The first-order valence-corrected chi connectivity index (χ1v) is 9.23. The van der Waals surface area contributed by atoms with E-state index in [0.29, 0.717) is 19.4 Å². The zero-order chi connectivity index (χ0) is 17.0. The SMILES string of the molecule is CC(C)(C)OC(=O)N1CCC[C@@](F)(CCCOS(C)(=O)=O)C1. The molecule has 0 aromatic rings. The van der Waals surface area contributed by atoms with Crippen molar-refractivity contribution in [1.82, 2.24) is 4.90 Å². The Bertz CT molecular complexity index is 488. The van der Waals surface area contributed by atoms with Crippen LogP contribution in [0.4, 0.5) is 9.18 Å². The van der Waals surface area contributed by atoms with Gasteiger partial charge in [-0.05, 0) is 46.5 Å². The highest BCUT2D eigenvalue weighted by Gasteiger charge is 2.38. The lowest BCUT2D eigenvalue weighted by Gasteiger charge is -2.38. The van der Waals surface area contributed by atoms with Crippen LogP contribution in [0, 0.1) is 0 Å². The molecule has 1 atom stereocenters. The summed E-state index contributed by atoms with van der Waals surface area (Å²) in [5.74, 6) is 0. The van der Waals surface area contributed by atoms with Crippen molar-refractivity contribution in [3.05, 3.63) is 0 Å². The first-order valence-electron chi connectivity index (χ1n) is 7.42. The number of ether oxygens (including phenoxy) is 1. The third-order valence-electron chi connectivity index (χ3n) is 3.25. The lowest BCUT2D eigenvalue weighted by Crippen LogP contribution is -2.49. The molecule has 0 aromatic carbocycles. The molecule has 6 nitrogen and oxygen atoms in total. The van der Waals surface area contributed by atoms with Gasteiger partial charge in [-0.1, -0.05) is 0 Å². The van der Waals surface area contributed by atoms with Crippen LogP contribution in [-0.2, 0) is 19.0 Å². The number of alkyl halides is 1. The molecule has 1 saturated heterocycles. The summed E-state index contributed by atoms with van der Waals surface area (Å²) in [6.07, 6.45) is 1.80. The molecular formula is C14H26FNO5S. The third kappa shape index (κ3) is 7.40. The van der Waals surface area contributed by atoms with Crippen LogP contribution in [0.15, 0.2) is 0 Å². The number of carbonyl (C=O) groups is 1. The van der Waals surface area contributed by atoms with Gasteiger partial charge in [0, 0.05) is 6.54 Å². The summed E-state index contributed by atoms with van der Waals surface area (Å²) in [6.45, 7) is 5.69. The van der Waals surface area contributed by atoms with Gasteiger partial charge in [-0.2, -0.15) is 8.42 Å². The Morgan fingerprint density at radius 2 is 2.00 bits per heavy atom. The Balaban J connectivity index is 2.48. The van der Waals surface area contributed by atoms with Gasteiger partial charge in [0.2, 0.25) is 0 Å². The fourth-order valence-corrected chi connectivity index (χ4v) is 2.79. The molecule has 0 N–H and O–H groups in total. The van der Waals surface area contributed by atoms with Gasteiger partial charge in [0.05, 0.1) is 19.4 Å². The summed E-state index contributed by atoms with van der Waals surface area (Å²) < 4.78 is 46.3. The van der Waals surface area contributed by atoms with Gasteiger partial charge in [0.15, 0.2) is 0 Å². The summed E-state index contributed by atoms with van der Waals surface area (Å²) in [5.41, 5.74) is -2.13. The number of hydrogen-bond acceptors (Lipinski definition) is 5. The molecule has 0 saturated carbocycles. The molecule has 130 valence electrons. The second-order valence-corrected chi connectivity index (χ2v) is 8.43. The van der Waals surface area contributed by atoms with Crippen molar-refractivity contribution < 1.29 is 26.5 Å². The van der Waals surface area contributed by atoms with Crippen molar-refractivity contribution in [2.24, 2.45) is 0 Å². The van der Waals surface area contributed by atoms with E-state index in [9.17, 15) is 17.6 Å². The minimum atomic E-state index is -3.50. The monoisotopic (exact) mass is 339 g/mol. The molecule has 0 aliphatic carbocycles. The zero-order valence-electron chi connectivity index (χ0n) is 13.7. The Hall–Kier alpha value is -0.890.